The summed E-state index contributed by atoms with van der Waals surface area (Å²) in [5.74, 6) is 0.606. The normalized spacial score (nSPS) is 15.9. The Morgan fingerprint density at radius 3 is 2.20 bits per heavy atom. The van der Waals surface area contributed by atoms with Crippen molar-refractivity contribution in [3.8, 4) is 5.75 Å². The van der Waals surface area contributed by atoms with Crippen LogP contribution in [0.5, 0.6) is 5.75 Å². The number of hydrogen-bond donors (Lipinski definition) is 2. The molecule has 1 heterocycles. The molecule has 4 rings (SSSR count). The number of benzene rings is 3. The average Bonchev–Trinajstić information content (AvgIpc) is 2.78. The lowest BCUT2D eigenvalue weighted by Crippen LogP contribution is -2.45. The van der Waals surface area contributed by atoms with Crippen LogP contribution >= 0.6 is 0 Å². The smallest absolute Gasteiger partial charge is 0.319 e. The fraction of sp³-hybridized carbons (Fsp3) is 0.120. The van der Waals surface area contributed by atoms with Gasteiger partial charge in [-0.2, -0.15) is 0 Å². The van der Waals surface area contributed by atoms with Crippen molar-refractivity contribution in [2.45, 2.75) is 19.6 Å². The monoisotopic (exact) mass is 398 g/mol. The molecular formula is C25H22N2O3. The molecule has 2 N–H and O–H groups in total. The lowest BCUT2D eigenvalue weighted by Gasteiger charge is -2.28. The molecule has 0 fully saturated rings. The number of ether oxygens (including phenoxy) is 1. The highest BCUT2D eigenvalue weighted by Gasteiger charge is 2.31. The van der Waals surface area contributed by atoms with Gasteiger partial charge < -0.3 is 15.4 Å². The number of amides is 2. The second-order valence-electron chi connectivity index (χ2n) is 7.11. The van der Waals surface area contributed by atoms with E-state index in [0.717, 1.165) is 16.9 Å². The lowest BCUT2D eigenvalue weighted by molar-refractivity contribution is 0.102. The molecule has 0 unspecified atom stereocenters. The summed E-state index contributed by atoms with van der Waals surface area (Å²) in [6, 6.07) is 25.6. The van der Waals surface area contributed by atoms with Crippen LogP contribution in [0.25, 0.3) is 0 Å². The van der Waals surface area contributed by atoms with Gasteiger partial charge in [-0.1, -0.05) is 72.8 Å². The van der Waals surface area contributed by atoms with Crippen LogP contribution < -0.4 is 15.4 Å². The highest BCUT2D eigenvalue weighted by Crippen LogP contribution is 2.30. The number of Topliss-reactive ketones (excluding diaryl/α,β-unsaturated/α-hetero) is 1. The maximum absolute atomic E-state index is 13.2. The maximum atomic E-state index is 13.2. The van der Waals surface area contributed by atoms with Crippen LogP contribution in [0.1, 0.15) is 34.5 Å². The summed E-state index contributed by atoms with van der Waals surface area (Å²) in [5.41, 5.74) is 3.57. The number of hydrogen-bond acceptors (Lipinski definition) is 3. The van der Waals surface area contributed by atoms with Gasteiger partial charge in [0.05, 0.1) is 6.04 Å². The number of urea groups is 1. The summed E-state index contributed by atoms with van der Waals surface area (Å²) < 4.78 is 5.84. The Kier molecular flexibility index (Phi) is 5.61. The predicted octanol–water partition coefficient (Wildman–Crippen LogP) is 4.78. The summed E-state index contributed by atoms with van der Waals surface area (Å²) in [6.45, 7) is 2.22. The Morgan fingerprint density at radius 2 is 1.53 bits per heavy atom. The van der Waals surface area contributed by atoms with Crippen molar-refractivity contribution in [1.29, 1.82) is 0 Å². The molecule has 0 saturated carbocycles. The zero-order valence-corrected chi connectivity index (χ0v) is 16.6. The van der Waals surface area contributed by atoms with Crippen molar-refractivity contribution in [3.63, 3.8) is 0 Å². The number of carbonyl (C=O) groups excluding carboxylic acids is 2. The standard InChI is InChI=1S/C25H22N2O3/c1-17-22(24(28)20-10-6-3-7-11-20)23(27-25(29)26-17)19-12-14-21(15-13-19)30-16-18-8-4-2-5-9-18/h2-15,23H,16H2,1H3,(H2,26,27,29)/t23-/m0/s1. The van der Waals surface area contributed by atoms with E-state index in [1.165, 1.54) is 0 Å². The van der Waals surface area contributed by atoms with Crippen LogP contribution in [0, 0.1) is 0 Å². The van der Waals surface area contributed by atoms with Crippen molar-refractivity contribution in [2.75, 3.05) is 0 Å². The Balaban J connectivity index is 1.57. The molecule has 0 spiro atoms. The van der Waals surface area contributed by atoms with Crippen LogP contribution in [0.2, 0.25) is 0 Å². The van der Waals surface area contributed by atoms with Crippen LogP contribution in [0.4, 0.5) is 4.79 Å². The number of allylic oxidation sites excluding steroid dienone is 1. The lowest BCUT2D eigenvalue weighted by atomic mass is 9.89. The largest absolute Gasteiger partial charge is 0.489 e. The molecule has 0 bridgehead atoms. The third kappa shape index (κ3) is 4.25. The van der Waals surface area contributed by atoms with Crippen molar-refractivity contribution < 1.29 is 14.3 Å². The predicted molar refractivity (Wildman–Crippen MR) is 115 cm³/mol. The minimum absolute atomic E-state index is 0.116. The molecule has 5 heteroatoms. The average molecular weight is 398 g/mol. The molecule has 150 valence electrons. The topological polar surface area (TPSA) is 67.4 Å². The van der Waals surface area contributed by atoms with E-state index in [1.54, 1.807) is 19.1 Å². The van der Waals surface area contributed by atoms with E-state index in [2.05, 4.69) is 10.6 Å². The molecule has 0 aromatic heterocycles. The first-order chi connectivity index (χ1) is 14.6. The second-order valence-corrected chi connectivity index (χ2v) is 7.11. The van der Waals surface area contributed by atoms with Crippen LogP contribution in [-0.2, 0) is 6.61 Å². The van der Waals surface area contributed by atoms with Crippen LogP contribution in [-0.4, -0.2) is 11.8 Å². The van der Waals surface area contributed by atoms with E-state index in [9.17, 15) is 9.59 Å². The molecule has 0 saturated heterocycles. The van der Waals surface area contributed by atoms with E-state index in [4.69, 9.17) is 4.74 Å². The van der Waals surface area contributed by atoms with Crippen molar-refractivity contribution in [3.05, 3.63) is 113 Å². The van der Waals surface area contributed by atoms with E-state index < -0.39 is 6.04 Å². The quantitative estimate of drug-likeness (QED) is 0.588. The van der Waals surface area contributed by atoms with Gasteiger partial charge in [0.2, 0.25) is 0 Å². The first kappa shape index (κ1) is 19.5. The Morgan fingerprint density at radius 1 is 0.900 bits per heavy atom. The molecule has 1 aliphatic rings. The first-order valence-electron chi connectivity index (χ1n) is 9.76. The first-order valence-corrected chi connectivity index (χ1v) is 9.76. The molecule has 1 aliphatic heterocycles. The van der Waals surface area contributed by atoms with Gasteiger partial charge in [0.15, 0.2) is 5.78 Å². The van der Waals surface area contributed by atoms with E-state index in [0.29, 0.717) is 23.4 Å². The number of carbonyl (C=O) groups is 2. The van der Waals surface area contributed by atoms with E-state index in [1.807, 2.05) is 72.8 Å². The number of rotatable bonds is 6. The van der Waals surface area contributed by atoms with Gasteiger partial charge in [-0.25, -0.2) is 4.79 Å². The third-order valence-corrected chi connectivity index (χ3v) is 5.01. The SMILES string of the molecule is CC1=C(C(=O)c2ccccc2)[C@H](c2ccc(OCc3ccccc3)cc2)NC(=O)N1. The number of ketones is 1. The highest BCUT2D eigenvalue weighted by molar-refractivity contribution is 6.11. The maximum Gasteiger partial charge on any atom is 0.319 e. The Labute approximate surface area is 175 Å². The summed E-state index contributed by atoms with van der Waals surface area (Å²) in [4.78, 5) is 25.2. The van der Waals surface area contributed by atoms with Gasteiger partial charge in [0.25, 0.3) is 0 Å². The second kappa shape index (κ2) is 8.66. The Bertz CT molecular complexity index is 1070. The minimum atomic E-state index is -0.533. The third-order valence-electron chi connectivity index (χ3n) is 5.01. The molecule has 0 radical (unpaired) electrons. The van der Waals surface area contributed by atoms with Gasteiger partial charge in [0.1, 0.15) is 12.4 Å². The summed E-state index contributed by atoms with van der Waals surface area (Å²) in [7, 11) is 0. The summed E-state index contributed by atoms with van der Waals surface area (Å²) >= 11 is 0. The molecule has 0 aliphatic carbocycles. The molecular weight excluding hydrogens is 376 g/mol. The molecule has 3 aromatic carbocycles. The zero-order chi connectivity index (χ0) is 20.9. The van der Waals surface area contributed by atoms with Crippen molar-refractivity contribution >= 4 is 11.8 Å². The van der Waals surface area contributed by atoms with Gasteiger partial charge in [-0.15, -0.1) is 0 Å². The van der Waals surface area contributed by atoms with Gasteiger partial charge in [0, 0.05) is 16.8 Å². The Hall–Kier alpha value is -3.86. The van der Waals surface area contributed by atoms with Gasteiger partial charge in [-0.05, 0) is 30.2 Å². The van der Waals surface area contributed by atoms with Crippen LogP contribution in [0.15, 0.2) is 96.2 Å². The zero-order valence-electron chi connectivity index (χ0n) is 16.6. The summed E-state index contributed by atoms with van der Waals surface area (Å²) in [6.07, 6.45) is 0. The fourth-order valence-corrected chi connectivity index (χ4v) is 3.49. The highest BCUT2D eigenvalue weighted by atomic mass is 16.5. The molecule has 5 nitrogen and oxygen atoms in total. The van der Waals surface area contributed by atoms with E-state index in [-0.39, 0.29) is 11.8 Å². The minimum Gasteiger partial charge on any atom is -0.489 e. The van der Waals surface area contributed by atoms with Crippen molar-refractivity contribution in [1.82, 2.24) is 10.6 Å². The van der Waals surface area contributed by atoms with Gasteiger partial charge >= 0.3 is 6.03 Å². The van der Waals surface area contributed by atoms with Crippen LogP contribution in [0.3, 0.4) is 0 Å². The summed E-state index contributed by atoms with van der Waals surface area (Å²) in [5, 5.41) is 5.59. The van der Waals surface area contributed by atoms with Gasteiger partial charge in [-0.3, -0.25) is 4.79 Å². The molecule has 3 aromatic rings. The number of nitrogens with one attached hydrogen (secondary N) is 2. The molecule has 1 atom stereocenters. The van der Waals surface area contributed by atoms with E-state index >= 15 is 0 Å². The molecule has 2 amide bonds. The molecule has 30 heavy (non-hydrogen) atoms. The van der Waals surface area contributed by atoms with Crippen molar-refractivity contribution in [2.24, 2.45) is 0 Å². The fourth-order valence-electron chi connectivity index (χ4n) is 3.49.